The summed E-state index contributed by atoms with van der Waals surface area (Å²) in [5.41, 5.74) is 0.975. The molecule has 4 heteroatoms. The Morgan fingerprint density at radius 2 is 1.95 bits per heavy atom. The third kappa shape index (κ3) is 4.47. The third-order valence-corrected chi connectivity index (χ3v) is 2.91. The van der Waals surface area contributed by atoms with Crippen molar-refractivity contribution >= 4 is 5.91 Å². The normalized spacial score (nSPS) is 10.4. The summed E-state index contributed by atoms with van der Waals surface area (Å²) in [6.45, 7) is 4.62. The van der Waals surface area contributed by atoms with Gasteiger partial charge in [-0.3, -0.25) is 4.79 Å². The molecule has 0 unspecified atom stereocenters. The van der Waals surface area contributed by atoms with E-state index >= 15 is 0 Å². The second-order valence-corrected chi connectivity index (χ2v) is 5.03. The van der Waals surface area contributed by atoms with E-state index in [0.29, 0.717) is 18.9 Å². The SMILES string of the molecule is COc1ccc(CN(C)C(=O)CC(C)C)c(OC)c1. The summed E-state index contributed by atoms with van der Waals surface area (Å²) in [5.74, 6) is 2.00. The Balaban J connectivity index is 2.78. The first-order valence-corrected chi connectivity index (χ1v) is 6.42. The van der Waals surface area contributed by atoms with Crippen molar-refractivity contribution in [3.8, 4) is 11.5 Å². The molecule has 0 aliphatic carbocycles. The Morgan fingerprint density at radius 1 is 1.26 bits per heavy atom. The molecule has 1 aromatic rings. The number of carbonyl (C=O) groups excluding carboxylic acids is 1. The van der Waals surface area contributed by atoms with Crippen molar-refractivity contribution in [3.05, 3.63) is 23.8 Å². The lowest BCUT2D eigenvalue weighted by molar-refractivity contribution is -0.131. The molecule has 1 amide bonds. The minimum Gasteiger partial charge on any atom is -0.497 e. The van der Waals surface area contributed by atoms with E-state index in [0.717, 1.165) is 17.1 Å². The summed E-state index contributed by atoms with van der Waals surface area (Å²) >= 11 is 0. The van der Waals surface area contributed by atoms with E-state index < -0.39 is 0 Å². The topological polar surface area (TPSA) is 38.8 Å². The molecule has 0 aliphatic rings. The smallest absolute Gasteiger partial charge is 0.222 e. The van der Waals surface area contributed by atoms with Gasteiger partial charge in [0.2, 0.25) is 5.91 Å². The Bertz CT molecular complexity index is 429. The number of methoxy groups -OCH3 is 2. The summed E-state index contributed by atoms with van der Waals surface area (Å²) in [4.78, 5) is 13.7. The van der Waals surface area contributed by atoms with E-state index in [-0.39, 0.29) is 5.91 Å². The zero-order valence-electron chi connectivity index (χ0n) is 12.4. The van der Waals surface area contributed by atoms with Gasteiger partial charge in [0.15, 0.2) is 0 Å². The first-order chi connectivity index (χ1) is 8.97. The van der Waals surface area contributed by atoms with Crippen molar-refractivity contribution in [2.45, 2.75) is 26.8 Å². The van der Waals surface area contributed by atoms with Crippen LogP contribution < -0.4 is 9.47 Å². The molecule has 0 heterocycles. The van der Waals surface area contributed by atoms with Gasteiger partial charge >= 0.3 is 0 Å². The van der Waals surface area contributed by atoms with Crippen molar-refractivity contribution in [3.63, 3.8) is 0 Å². The van der Waals surface area contributed by atoms with Gasteiger partial charge in [-0.25, -0.2) is 0 Å². The number of nitrogens with zero attached hydrogens (tertiary/aromatic N) is 1. The van der Waals surface area contributed by atoms with E-state index in [1.165, 1.54) is 0 Å². The minimum atomic E-state index is 0.146. The first kappa shape index (κ1) is 15.3. The van der Waals surface area contributed by atoms with Crippen LogP contribution in [0.25, 0.3) is 0 Å². The molecule has 0 saturated carbocycles. The van der Waals surface area contributed by atoms with E-state index in [2.05, 4.69) is 0 Å². The fourth-order valence-corrected chi connectivity index (χ4v) is 1.83. The first-order valence-electron chi connectivity index (χ1n) is 6.42. The standard InChI is InChI=1S/C15H23NO3/c1-11(2)8-15(17)16(3)10-12-6-7-13(18-4)9-14(12)19-5/h6-7,9,11H,8,10H2,1-5H3. The van der Waals surface area contributed by atoms with Gasteiger partial charge in [-0.15, -0.1) is 0 Å². The second-order valence-electron chi connectivity index (χ2n) is 5.03. The highest BCUT2D eigenvalue weighted by Crippen LogP contribution is 2.25. The number of carbonyl (C=O) groups is 1. The highest BCUT2D eigenvalue weighted by Gasteiger charge is 2.13. The summed E-state index contributed by atoms with van der Waals surface area (Å²) in [6, 6.07) is 5.63. The highest BCUT2D eigenvalue weighted by atomic mass is 16.5. The molecule has 0 bridgehead atoms. The number of benzene rings is 1. The van der Waals surface area contributed by atoms with E-state index in [1.54, 1.807) is 19.1 Å². The Kier molecular flexibility index (Phi) is 5.67. The minimum absolute atomic E-state index is 0.146. The van der Waals surface area contributed by atoms with Gasteiger partial charge in [-0.05, 0) is 18.1 Å². The zero-order valence-corrected chi connectivity index (χ0v) is 12.4. The maximum Gasteiger partial charge on any atom is 0.222 e. The van der Waals surface area contributed by atoms with E-state index in [1.807, 2.05) is 39.1 Å². The van der Waals surface area contributed by atoms with Crippen LogP contribution in [0.2, 0.25) is 0 Å². The predicted molar refractivity (Wildman–Crippen MR) is 75.5 cm³/mol. The molecule has 106 valence electrons. The Labute approximate surface area is 115 Å². The Morgan fingerprint density at radius 3 is 2.47 bits per heavy atom. The second kappa shape index (κ2) is 7.02. The molecule has 1 rings (SSSR count). The van der Waals surface area contributed by atoms with Crippen LogP contribution >= 0.6 is 0 Å². The van der Waals surface area contributed by atoms with Crippen LogP contribution in [0.4, 0.5) is 0 Å². The number of amides is 1. The quantitative estimate of drug-likeness (QED) is 0.794. The highest BCUT2D eigenvalue weighted by molar-refractivity contribution is 5.76. The average Bonchev–Trinajstić information content (AvgIpc) is 2.38. The molecule has 0 aromatic heterocycles. The molecule has 1 aromatic carbocycles. The molecular weight excluding hydrogens is 242 g/mol. The van der Waals surface area contributed by atoms with Crippen LogP contribution in [0.5, 0.6) is 11.5 Å². The molecule has 0 N–H and O–H groups in total. The van der Waals surface area contributed by atoms with Crippen LogP contribution in [0.1, 0.15) is 25.8 Å². The van der Waals surface area contributed by atoms with Crippen molar-refractivity contribution < 1.29 is 14.3 Å². The Hall–Kier alpha value is -1.71. The van der Waals surface area contributed by atoms with Gasteiger partial charge < -0.3 is 14.4 Å². The van der Waals surface area contributed by atoms with E-state index in [9.17, 15) is 4.79 Å². The largest absolute Gasteiger partial charge is 0.497 e. The van der Waals surface area contributed by atoms with Gasteiger partial charge in [0.05, 0.1) is 14.2 Å². The fraction of sp³-hybridized carbons (Fsp3) is 0.533. The van der Waals surface area contributed by atoms with Gasteiger partial charge in [-0.1, -0.05) is 13.8 Å². The molecule has 0 atom stereocenters. The van der Waals surface area contributed by atoms with Crippen LogP contribution in [-0.4, -0.2) is 32.1 Å². The third-order valence-electron chi connectivity index (χ3n) is 2.91. The zero-order chi connectivity index (χ0) is 14.4. The average molecular weight is 265 g/mol. The van der Waals surface area contributed by atoms with Crippen molar-refractivity contribution in [1.82, 2.24) is 4.90 Å². The lowest BCUT2D eigenvalue weighted by Gasteiger charge is -2.20. The number of ether oxygens (including phenoxy) is 2. The van der Waals surface area contributed by atoms with Crippen molar-refractivity contribution in [1.29, 1.82) is 0 Å². The van der Waals surface area contributed by atoms with Crippen LogP contribution in [-0.2, 0) is 11.3 Å². The number of hydrogen-bond acceptors (Lipinski definition) is 3. The van der Waals surface area contributed by atoms with Gasteiger partial charge in [0.25, 0.3) is 0 Å². The van der Waals surface area contributed by atoms with Crippen LogP contribution in [0.3, 0.4) is 0 Å². The summed E-state index contributed by atoms with van der Waals surface area (Å²) in [5, 5.41) is 0. The summed E-state index contributed by atoms with van der Waals surface area (Å²) < 4.78 is 10.5. The van der Waals surface area contributed by atoms with Crippen molar-refractivity contribution in [2.75, 3.05) is 21.3 Å². The molecular formula is C15H23NO3. The molecule has 0 radical (unpaired) electrons. The number of rotatable bonds is 6. The number of hydrogen-bond donors (Lipinski definition) is 0. The lowest BCUT2D eigenvalue weighted by atomic mass is 10.1. The van der Waals surface area contributed by atoms with Gasteiger partial charge in [0.1, 0.15) is 11.5 Å². The van der Waals surface area contributed by atoms with Gasteiger partial charge in [-0.2, -0.15) is 0 Å². The summed E-state index contributed by atoms with van der Waals surface area (Å²) in [6.07, 6.45) is 0.564. The van der Waals surface area contributed by atoms with Crippen LogP contribution in [0, 0.1) is 5.92 Å². The monoisotopic (exact) mass is 265 g/mol. The lowest BCUT2D eigenvalue weighted by Crippen LogP contribution is -2.27. The maximum atomic E-state index is 11.9. The predicted octanol–water partition coefficient (Wildman–Crippen LogP) is 2.71. The molecule has 0 spiro atoms. The molecule has 0 aliphatic heterocycles. The summed E-state index contributed by atoms with van der Waals surface area (Å²) in [7, 11) is 5.05. The van der Waals surface area contributed by atoms with Crippen LogP contribution in [0.15, 0.2) is 18.2 Å². The molecule has 4 nitrogen and oxygen atoms in total. The van der Waals surface area contributed by atoms with E-state index in [4.69, 9.17) is 9.47 Å². The molecule has 0 fully saturated rings. The van der Waals surface area contributed by atoms with Crippen molar-refractivity contribution in [2.24, 2.45) is 5.92 Å². The van der Waals surface area contributed by atoms with Gasteiger partial charge in [0, 0.05) is 31.6 Å². The maximum absolute atomic E-state index is 11.9. The molecule has 0 saturated heterocycles. The molecule has 19 heavy (non-hydrogen) atoms. The fourth-order valence-electron chi connectivity index (χ4n) is 1.83.